The Morgan fingerprint density at radius 3 is 3.05 bits per heavy atom. The Kier molecular flexibility index (Phi) is 5.45. The zero-order valence-corrected chi connectivity index (χ0v) is 13.2. The second-order valence-electron chi connectivity index (χ2n) is 5.30. The smallest absolute Gasteiger partial charge is 0.241 e. The topological polar surface area (TPSA) is 67.6 Å². The Balaban J connectivity index is 1.97. The molecule has 0 spiro atoms. The molecule has 1 aliphatic heterocycles. The molecule has 1 aliphatic rings. The van der Waals surface area contributed by atoms with E-state index >= 15 is 0 Å². The zero-order chi connectivity index (χ0) is 15.4. The van der Waals surface area contributed by atoms with E-state index in [1.807, 2.05) is 6.92 Å². The van der Waals surface area contributed by atoms with Gasteiger partial charge in [0, 0.05) is 18.8 Å². The van der Waals surface area contributed by atoms with Crippen molar-refractivity contribution in [2.75, 3.05) is 30.7 Å². The van der Waals surface area contributed by atoms with Crippen LogP contribution in [0.4, 0.5) is 11.4 Å². The maximum atomic E-state index is 12.3. The van der Waals surface area contributed by atoms with Crippen LogP contribution in [0.25, 0.3) is 0 Å². The third-order valence-electron chi connectivity index (χ3n) is 3.82. The van der Waals surface area contributed by atoms with Crippen LogP contribution in [0, 0.1) is 0 Å². The molecule has 2 unspecified atom stereocenters. The lowest BCUT2D eigenvalue weighted by Gasteiger charge is -2.35. The SMILES string of the molecule is CCC1CN(C(C)C(=O)Nc2ccc(Cl)c(N)c2)CCO1. The molecular formula is C15H22ClN3O2. The van der Waals surface area contributed by atoms with E-state index in [2.05, 4.69) is 17.1 Å². The molecule has 1 aromatic rings. The van der Waals surface area contributed by atoms with Crippen LogP contribution in [-0.4, -0.2) is 42.6 Å². The van der Waals surface area contributed by atoms with Gasteiger partial charge in [-0.2, -0.15) is 0 Å². The van der Waals surface area contributed by atoms with Gasteiger partial charge in [0.1, 0.15) is 0 Å². The zero-order valence-electron chi connectivity index (χ0n) is 12.4. The Morgan fingerprint density at radius 1 is 1.62 bits per heavy atom. The largest absolute Gasteiger partial charge is 0.397 e. The van der Waals surface area contributed by atoms with Crippen molar-refractivity contribution >= 4 is 28.9 Å². The van der Waals surface area contributed by atoms with Crippen LogP contribution >= 0.6 is 11.6 Å². The van der Waals surface area contributed by atoms with Gasteiger partial charge in [-0.1, -0.05) is 18.5 Å². The summed E-state index contributed by atoms with van der Waals surface area (Å²) in [5.74, 6) is -0.0477. The quantitative estimate of drug-likeness (QED) is 0.838. The van der Waals surface area contributed by atoms with Crippen molar-refractivity contribution in [2.45, 2.75) is 32.4 Å². The molecule has 1 aromatic carbocycles. The Morgan fingerprint density at radius 2 is 2.38 bits per heavy atom. The molecule has 0 radical (unpaired) electrons. The highest BCUT2D eigenvalue weighted by molar-refractivity contribution is 6.33. The minimum absolute atomic E-state index is 0.0477. The molecule has 1 fully saturated rings. The first-order valence-electron chi connectivity index (χ1n) is 7.22. The summed E-state index contributed by atoms with van der Waals surface area (Å²) in [4.78, 5) is 14.5. The number of nitrogens with two attached hydrogens (primary N) is 1. The predicted molar refractivity (Wildman–Crippen MR) is 85.6 cm³/mol. The molecule has 5 nitrogen and oxygen atoms in total. The van der Waals surface area contributed by atoms with Crippen LogP contribution < -0.4 is 11.1 Å². The first-order chi connectivity index (χ1) is 10.0. The molecule has 3 N–H and O–H groups in total. The van der Waals surface area contributed by atoms with Crippen molar-refractivity contribution in [1.29, 1.82) is 0 Å². The van der Waals surface area contributed by atoms with Crippen molar-refractivity contribution in [3.05, 3.63) is 23.2 Å². The Labute approximate surface area is 130 Å². The Bertz CT molecular complexity index is 510. The highest BCUT2D eigenvalue weighted by Crippen LogP contribution is 2.22. The van der Waals surface area contributed by atoms with Crippen molar-refractivity contribution in [2.24, 2.45) is 0 Å². The summed E-state index contributed by atoms with van der Waals surface area (Å²) in [5.41, 5.74) is 6.86. The average Bonchev–Trinajstić information content (AvgIpc) is 2.50. The van der Waals surface area contributed by atoms with Crippen LogP contribution in [0.1, 0.15) is 20.3 Å². The summed E-state index contributed by atoms with van der Waals surface area (Å²) < 4.78 is 5.63. The number of carbonyl (C=O) groups excluding carboxylic acids is 1. The summed E-state index contributed by atoms with van der Waals surface area (Å²) in [6, 6.07) is 4.89. The minimum Gasteiger partial charge on any atom is -0.397 e. The molecule has 0 saturated carbocycles. The molecule has 6 heteroatoms. The standard InChI is InChI=1S/C15H22ClN3O2/c1-3-12-9-19(6-7-21-12)10(2)15(20)18-11-4-5-13(16)14(17)8-11/h4-5,8,10,12H,3,6-7,9,17H2,1-2H3,(H,18,20). The van der Waals surface area contributed by atoms with Gasteiger partial charge in [0.25, 0.3) is 0 Å². The van der Waals surface area contributed by atoms with Crippen molar-refractivity contribution < 1.29 is 9.53 Å². The van der Waals surface area contributed by atoms with Crippen molar-refractivity contribution in [1.82, 2.24) is 4.90 Å². The van der Waals surface area contributed by atoms with E-state index in [1.165, 1.54) is 0 Å². The van der Waals surface area contributed by atoms with E-state index in [4.69, 9.17) is 22.1 Å². The minimum atomic E-state index is -0.208. The fourth-order valence-electron chi connectivity index (χ4n) is 2.37. The fourth-order valence-corrected chi connectivity index (χ4v) is 2.49. The molecule has 2 rings (SSSR count). The fraction of sp³-hybridized carbons (Fsp3) is 0.533. The van der Waals surface area contributed by atoms with E-state index in [0.717, 1.165) is 19.5 Å². The van der Waals surface area contributed by atoms with E-state index in [-0.39, 0.29) is 18.1 Å². The van der Waals surface area contributed by atoms with Gasteiger partial charge >= 0.3 is 0 Å². The molecule has 1 amide bonds. The Hall–Kier alpha value is -1.30. The summed E-state index contributed by atoms with van der Waals surface area (Å²) >= 11 is 5.87. The van der Waals surface area contributed by atoms with E-state index < -0.39 is 0 Å². The van der Waals surface area contributed by atoms with Gasteiger partial charge in [-0.05, 0) is 31.5 Å². The van der Waals surface area contributed by atoms with Crippen molar-refractivity contribution in [3.63, 3.8) is 0 Å². The first-order valence-corrected chi connectivity index (χ1v) is 7.60. The number of ether oxygens (including phenoxy) is 1. The van der Waals surface area contributed by atoms with E-state index in [9.17, 15) is 4.79 Å². The molecule has 1 heterocycles. The van der Waals surface area contributed by atoms with Crippen molar-refractivity contribution in [3.8, 4) is 0 Å². The maximum Gasteiger partial charge on any atom is 0.241 e. The number of benzene rings is 1. The number of carbonyl (C=O) groups is 1. The summed E-state index contributed by atoms with van der Waals surface area (Å²) in [6.45, 7) is 6.23. The lowest BCUT2D eigenvalue weighted by Crippen LogP contribution is -2.50. The predicted octanol–water partition coefficient (Wildman–Crippen LogP) is 2.36. The van der Waals surface area contributed by atoms with E-state index in [1.54, 1.807) is 18.2 Å². The number of nitrogens with one attached hydrogen (secondary N) is 1. The highest BCUT2D eigenvalue weighted by atomic mass is 35.5. The number of nitrogens with zero attached hydrogens (tertiary/aromatic N) is 1. The van der Waals surface area contributed by atoms with Crippen LogP contribution in [-0.2, 0) is 9.53 Å². The third-order valence-corrected chi connectivity index (χ3v) is 4.16. The molecule has 0 aromatic heterocycles. The molecule has 116 valence electrons. The lowest BCUT2D eigenvalue weighted by atomic mass is 10.1. The lowest BCUT2D eigenvalue weighted by molar-refractivity contribution is -0.124. The monoisotopic (exact) mass is 311 g/mol. The number of hydrogen-bond donors (Lipinski definition) is 2. The second-order valence-corrected chi connectivity index (χ2v) is 5.70. The van der Waals surface area contributed by atoms with Gasteiger partial charge in [0.05, 0.1) is 29.5 Å². The normalized spacial score (nSPS) is 21.0. The van der Waals surface area contributed by atoms with Crippen LogP contribution in [0.3, 0.4) is 0 Å². The maximum absolute atomic E-state index is 12.3. The second kappa shape index (κ2) is 7.11. The first kappa shape index (κ1) is 16.1. The van der Waals surface area contributed by atoms with E-state index in [0.29, 0.717) is 23.0 Å². The van der Waals surface area contributed by atoms with Gasteiger partial charge in [-0.3, -0.25) is 9.69 Å². The van der Waals surface area contributed by atoms with Gasteiger partial charge in [0.15, 0.2) is 0 Å². The third kappa shape index (κ3) is 4.09. The summed E-state index contributed by atoms with van der Waals surface area (Å²) in [6.07, 6.45) is 1.17. The number of nitrogen functional groups attached to an aromatic ring is 1. The number of morpholine rings is 1. The molecule has 2 atom stereocenters. The van der Waals surface area contributed by atoms with Crippen LogP contribution in [0.5, 0.6) is 0 Å². The number of halogens is 1. The molecule has 0 bridgehead atoms. The number of amides is 1. The molecule has 1 saturated heterocycles. The van der Waals surface area contributed by atoms with Gasteiger partial charge in [0.2, 0.25) is 5.91 Å². The number of anilines is 2. The number of rotatable bonds is 4. The number of hydrogen-bond acceptors (Lipinski definition) is 4. The molecule has 0 aliphatic carbocycles. The van der Waals surface area contributed by atoms with Crippen LogP contribution in [0.15, 0.2) is 18.2 Å². The highest BCUT2D eigenvalue weighted by Gasteiger charge is 2.27. The summed E-state index contributed by atoms with van der Waals surface area (Å²) in [7, 11) is 0. The average molecular weight is 312 g/mol. The van der Waals surface area contributed by atoms with Gasteiger partial charge < -0.3 is 15.8 Å². The van der Waals surface area contributed by atoms with Gasteiger partial charge in [-0.15, -0.1) is 0 Å². The molecule has 21 heavy (non-hydrogen) atoms. The molecular weight excluding hydrogens is 290 g/mol. The summed E-state index contributed by atoms with van der Waals surface area (Å²) in [5, 5.41) is 3.37. The van der Waals surface area contributed by atoms with Gasteiger partial charge in [-0.25, -0.2) is 0 Å². The van der Waals surface area contributed by atoms with Crippen LogP contribution in [0.2, 0.25) is 5.02 Å².